The Morgan fingerprint density at radius 1 is 0.969 bits per heavy atom. The van der Waals surface area contributed by atoms with Crippen molar-refractivity contribution in [2.75, 3.05) is 23.8 Å². The van der Waals surface area contributed by atoms with Gasteiger partial charge in [-0.3, -0.25) is 9.59 Å². The van der Waals surface area contributed by atoms with E-state index < -0.39 is 0 Å². The van der Waals surface area contributed by atoms with Crippen molar-refractivity contribution in [3.63, 3.8) is 0 Å². The monoisotopic (exact) mass is 461 g/mol. The maximum Gasteiger partial charge on any atom is 0.258 e. The van der Waals surface area contributed by atoms with Crippen LogP contribution in [0.4, 0.5) is 11.4 Å². The van der Waals surface area contributed by atoms with Crippen molar-refractivity contribution < 1.29 is 19.1 Å². The fourth-order valence-corrected chi connectivity index (χ4v) is 3.13. The van der Waals surface area contributed by atoms with E-state index in [0.29, 0.717) is 36.1 Å². The molecule has 2 amide bonds. The summed E-state index contributed by atoms with van der Waals surface area (Å²) < 4.78 is 11.4. The summed E-state index contributed by atoms with van der Waals surface area (Å²) in [4.78, 5) is 23.6. The van der Waals surface area contributed by atoms with Crippen molar-refractivity contribution in [2.24, 2.45) is 0 Å². The molecule has 2 rings (SSSR count). The number of ether oxygens (including phenoxy) is 2. The van der Waals surface area contributed by atoms with Gasteiger partial charge in [0.25, 0.3) is 5.91 Å². The maximum atomic E-state index is 12.1. The summed E-state index contributed by atoms with van der Waals surface area (Å²) in [5, 5.41) is 9.35. The molecule has 0 aliphatic rings. The van der Waals surface area contributed by atoms with Crippen LogP contribution in [0.5, 0.6) is 11.5 Å². The highest BCUT2D eigenvalue weighted by Crippen LogP contribution is 2.37. The van der Waals surface area contributed by atoms with Crippen LogP contribution in [-0.2, 0) is 16.1 Å². The van der Waals surface area contributed by atoms with E-state index in [2.05, 4.69) is 16.0 Å². The third-order valence-electron chi connectivity index (χ3n) is 4.22. The number of anilines is 2. The molecule has 2 aromatic carbocycles. The zero-order chi connectivity index (χ0) is 23.7. The van der Waals surface area contributed by atoms with Gasteiger partial charge < -0.3 is 25.4 Å². The first-order valence-electron chi connectivity index (χ1n) is 10.6. The van der Waals surface area contributed by atoms with Gasteiger partial charge in [0.2, 0.25) is 5.91 Å². The zero-order valence-corrected chi connectivity index (χ0v) is 20.1. The Kier molecular flexibility index (Phi) is 9.20. The van der Waals surface area contributed by atoms with Gasteiger partial charge in [-0.2, -0.15) is 0 Å². The molecule has 0 aliphatic carbocycles. The lowest BCUT2D eigenvalue weighted by Crippen LogP contribution is -2.43. The number of amides is 2. The molecular weight excluding hydrogens is 430 g/mol. The molecule has 3 N–H and O–H groups in total. The van der Waals surface area contributed by atoms with Crippen molar-refractivity contribution >= 4 is 34.8 Å². The molecule has 8 heteroatoms. The standard InChI is InChI=1S/C24H32ClN3O4/c1-6-21(29)27-18-10-8-17(9-11-18)26-14-16-12-19(25)23(20(13-16)31-7-2)32-15-22(30)28-24(3,4)5/h8-13,26H,6-7,14-15H2,1-5H3,(H,27,29)(H,28,30). The zero-order valence-electron chi connectivity index (χ0n) is 19.3. The van der Waals surface area contributed by atoms with Gasteiger partial charge in [-0.1, -0.05) is 18.5 Å². The normalized spacial score (nSPS) is 10.9. The van der Waals surface area contributed by atoms with Crippen LogP contribution in [0.3, 0.4) is 0 Å². The molecule has 0 bridgehead atoms. The average molecular weight is 462 g/mol. The second kappa shape index (κ2) is 11.6. The predicted molar refractivity (Wildman–Crippen MR) is 129 cm³/mol. The van der Waals surface area contributed by atoms with E-state index in [1.54, 1.807) is 6.07 Å². The van der Waals surface area contributed by atoms with Crippen LogP contribution in [-0.4, -0.2) is 30.6 Å². The van der Waals surface area contributed by atoms with Crippen molar-refractivity contribution in [1.82, 2.24) is 5.32 Å². The summed E-state index contributed by atoms with van der Waals surface area (Å²) in [5.74, 6) is 0.567. The van der Waals surface area contributed by atoms with Gasteiger partial charge in [0.15, 0.2) is 18.1 Å². The van der Waals surface area contributed by atoms with Crippen molar-refractivity contribution in [3.05, 3.63) is 47.0 Å². The first-order valence-corrected chi connectivity index (χ1v) is 11.0. The Hall–Kier alpha value is -2.93. The van der Waals surface area contributed by atoms with E-state index in [1.807, 2.05) is 65.0 Å². The SMILES string of the molecule is CCOc1cc(CNc2ccc(NC(=O)CC)cc2)cc(Cl)c1OCC(=O)NC(C)(C)C. The molecule has 2 aromatic rings. The molecule has 0 radical (unpaired) electrons. The van der Waals surface area contributed by atoms with Crippen LogP contribution in [0.15, 0.2) is 36.4 Å². The lowest BCUT2D eigenvalue weighted by atomic mass is 10.1. The van der Waals surface area contributed by atoms with E-state index in [1.165, 1.54) is 0 Å². The molecule has 0 heterocycles. The third-order valence-corrected chi connectivity index (χ3v) is 4.50. The third kappa shape index (κ3) is 8.30. The number of hydrogen-bond acceptors (Lipinski definition) is 5. The van der Waals surface area contributed by atoms with Crippen LogP contribution in [0.2, 0.25) is 5.02 Å². The highest BCUT2D eigenvalue weighted by molar-refractivity contribution is 6.32. The Bertz CT molecular complexity index is 924. The minimum absolute atomic E-state index is 0.0259. The van der Waals surface area contributed by atoms with Gasteiger partial charge in [0.05, 0.1) is 11.6 Å². The van der Waals surface area contributed by atoms with Crippen LogP contribution in [0.1, 0.15) is 46.6 Å². The van der Waals surface area contributed by atoms with Gasteiger partial charge in [0.1, 0.15) is 0 Å². The summed E-state index contributed by atoms with van der Waals surface area (Å²) in [6, 6.07) is 11.1. The minimum Gasteiger partial charge on any atom is -0.490 e. The summed E-state index contributed by atoms with van der Waals surface area (Å²) >= 11 is 6.45. The second-order valence-corrected chi connectivity index (χ2v) is 8.66. The van der Waals surface area contributed by atoms with Crippen LogP contribution >= 0.6 is 11.6 Å². The highest BCUT2D eigenvalue weighted by Gasteiger charge is 2.17. The molecule has 174 valence electrons. The molecular formula is C24H32ClN3O4. The number of carbonyl (C=O) groups excluding carboxylic acids is 2. The molecule has 0 saturated heterocycles. The number of rotatable bonds is 10. The Balaban J connectivity index is 2.05. The van der Waals surface area contributed by atoms with E-state index >= 15 is 0 Å². The van der Waals surface area contributed by atoms with Crippen molar-refractivity contribution in [1.29, 1.82) is 0 Å². The lowest BCUT2D eigenvalue weighted by Gasteiger charge is -2.21. The lowest BCUT2D eigenvalue weighted by molar-refractivity contribution is -0.124. The maximum absolute atomic E-state index is 12.1. The predicted octanol–water partition coefficient (Wildman–Crippen LogP) is 4.99. The number of nitrogens with one attached hydrogen (secondary N) is 3. The van der Waals surface area contributed by atoms with Crippen LogP contribution in [0, 0.1) is 0 Å². The number of carbonyl (C=O) groups is 2. The molecule has 0 fully saturated rings. The Morgan fingerprint density at radius 2 is 1.62 bits per heavy atom. The number of hydrogen-bond donors (Lipinski definition) is 3. The summed E-state index contributed by atoms with van der Waals surface area (Å²) in [7, 11) is 0. The molecule has 7 nitrogen and oxygen atoms in total. The van der Waals surface area contributed by atoms with Gasteiger partial charge in [0, 0.05) is 29.9 Å². The molecule has 0 atom stereocenters. The molecule has 0 spiro atoms. The number of halogens is 1. The number of benzene rings is 2. The fourth-order valence-electron chi connectivity index (χ4n) is 2.84. The van der Waals surface area contributed by atoms with Crippen LogP contribution < -0.4 is 25.4 Å². The first-order chi connectivity index (χ1) is 15.1. The minimum atomic E-state index is -0.345. The van der Waals surface area contributed by atoms with Crippen LogP contribution in [0.25, 0.3) is 0 Å². The summed E-state index contributed by atoms with van der Waals surface area (Å²) in [6.07, 6.45) is 0.434. The van der Waals surface area contributed by atoms with Gasteiger partial charge in [-0.05, 0) is 69.7 Å². The van der Waals surface area contributed by atoms with Gasteiger partial charge >= 0.3 is 0 Å². The molecule has 0 saturated carbocycles. The van der Waals surface area contributed by atoms with Crippen molar-refractivity contribution in [3.8, 4) is 11.5 Å². The fraction of sp³-hybridized carbons (Fsp3) is 0.417. The van der Waals surface area contributed by atoms with Gasteiger partial charge in [-0.25, -0.2) is 0 Å². The molecule has 0 aliphatic heterocycles. The summed E-state index contributed by atoms with van der Waals surface area (Å²) in [5.41, 5.74) is 2.20. The Labute approximate surface area is 194 Å². The van der Waals surface area contributed by atoms with E-state index in [-0.39, 0.29) is 24.0 Å². The second-order valence-electron chi connectivity index (χ2n) is 8.26. The molecule has 0 unspecified atom stereocenters. The van der Waals surface area contributed by atoms with E-state index in [0.717, 1.165) is 16.9 Å². The topological polar surface area (TPSA) is 88.7 Å². The highest BCUT2D eigenvalue weighted by atomic mass is 35.5. The average Bonchev–Trinajstić information content (AvgIpc) is 2.71. The van der Waals surface area contributed by atoms with E-state index in [4.69, 9.17) is 21.1 Å². The van der Waals surface area contributed by atoms with Crippen molar-refractivity contribution in [2.45, 2.75) is 53.1 Å². The largest absolute Gasteiger partial charge is 0.490 e. The van der Waals surface area contributed by atoms with E-state index in [9.17, 15) is 9.59 Å². The summed E-state index contributed by atoms with van der Waals surface area (Å²) in [6.45, 7) is 10.2. The first kappa shape index (κ1) is 25.3. The molecule has 0 aromatic heterocycles. The Morgan fingerprint density at radius 3 is 2.22 bits per heavy atom. The molecule has 32 heavy (non-hydrogen) atoms. The smallest absolute Gasteiger partial charge is 0.258 e. The quantitative estimate of drug-likeness (QED) is 0.463. The van der Waals surface area contributed by atoms with Gasteiger partial charge in [-0.15, -0.1) is 0 Å².